The van der Waals surface area contributed by atoms with E-state index in [0.29, 0.717) is 44.3 Å². The largest absolute Gasteiger partial charge is 0.495 e. The van der Waals surface area contributed by atoms with E-state index >= 15 is 0 Å². The number of nitrogens with one attached hydrogen (secondary N) is 1. The molecule has 0 saturated carbocycles. The summed E-state index contributed by atoms with van der Waals surface area (Å²) in [5, 5.41) is 13.6. The van der Waals surface area contributed by atoms with E-state index in [2.05, 4.69) is 16.3 Å². The minimum absolute atomic E-state index is 0.177. The highest BCUT2D eigenvalue weighted by Gasteiger charge is 2.31. The number of amides is 2. The number of ether oxygens (including phenoxy) is 2. The third kappa shape index (κ3) is 4.41. The van der Waals surface area contributed by atoms with Gasteiger partial charge in [-0.3, -0.25) is 5.32 Å². The van der Waals surface area contributed by atoms with Crippen molar-refractivity contribution in [1.82, 2.24) is 14.8 Å². The Morgan fingerprint density at radius 1 is 1.28 bits per heavy atom. The molecule has 1 aromatic heterocycles. The first-order chi connectivity index (χ1) is 14.0. The molecule has 29 heavy (non-hydrogen) atoms. The second kappa shape index (κ2) is 8.33. The number of allylic oxidation sites excluding steroid dienone is 2. The van der Waals surface area contributed by atoms with Crippen LogP contribution in [-0.4, -0.2) is 78.0 Å². The van der Waals surface area contributed by atoms with Crippen molar-refractivity contribution in [3.05, 3.63) is 22.7 Å². The standard InChI is InChI=1S/C20H28N4O4S/c1-20(26)6-8-24(9-7-20)19(25)22-18-21-16-15(27-2)5-3-4-14(17(16)29-18)23-10-12-28-13-11-23/h4-5,26H,3,6-13H2,1-2H3,(H,21,22,25). The lowest BCUT2D eigenvalue weighted by molar-refractivity contribution is 0.00570. The lowest BCUT2D eigenvalue weighted by Crippen LogP contribution is -2.46. The number of morpholine rings is 1. The van der Waals surface area contributed by atoms with Crippen LogP contribution >= 0.6 is 11.3 Å². The lowest BCUT2D eigenvalue weighted by Gasteiger charge is -2.35. The van der Waals surface area contributed by atoms with Crippen LogP contribution in [-0.2, 0) is 9.47 Å². The van der Waals surface area contributed by atoms with Crippen molar-refractivity contribution in [1.29, 1.82) is 0 Å². The Hall–Kier alpha value is -2.10. The fourth-order valence-electron chi connectivity index (χ4n) is 3.80. The van der Waals surface area contributed by atoms with Crippen molar-refractivity contribution in [3.63, 3.8) is 0 Å². The van der Waals surface area contributed by atoms with Crippen LogP contribution < -0.4 is 5.32 Å². The van der Waals surface area contributed by atoms with Crippen molar-refractivity contribution < 1.29 is 19.4 Å². The minimum Gasteiger partial charge on any atom is -0.495 e. The van der Waals surface area contributed by atoms with Gasteiger partial charge in [0.2, 0.25) is 0 Å². The summed E-state index contributed by atoms with van der Waals surface area (Å²) in [5.74, 6) is 0.727. The van der Waals surface area contributed by atoms with Crippen LogP contribution in [0.25, 0.3) is 11.5 Å². The number of urea groups is 1. The molecule has 0 radical (unpaired) electrons. The SMILES string of the molecule is COC1=CCC=C(N2CCOCC2)c2sc(NC(=O)N3CCC(C)(O)CC3)nc21. The van der Waals surface area contributed by atoms with Gasteiger partial charge in [0.1, 0.15) is 11.5 Å². The second-order valence-electron chi connectivity index (χ2n) is 7.81. The van der Waals surface area contributed by atoms with E-state index < -0.39 is 5.60 Å². The molecule has 8 nitrogen and oxygen atoms in total. The molecule has 4 rings (SSSR count). The lowest BCUT2D eigenvalue weighted by atomic mass is 9.94. The van der Waals surface area contributed by atoms with Crippen LogP contribution in [0.1, 0.15) is 36.8 Å². The zero-order valence-corrected chi connectivity index (χ0v) is 17.8. The van der Waals surface area contributed by atoms with Crippen LogP contribution in [0.4, 0.5) is 9.93 Å². The number of anilines is 1. The molecule has 0 aromatic carbocycles. The van der Waals surface area contributed by atoms with Crippen LogP contribution in [0.5, 0.6) is 0 Å². The maximum absolute atomic E-state index is 12.7. The molecule has 3 heterocycles. The van der Waals surface area contributed by atoms with Gasteiger partial charge in [-0.25, -0.2) is 9.78 Å². The first kappa shape index (κ1) is 20.2. The van der Waals surface area contributed by atoms with Gasteiger partial charge >= 0.3 is 6.03 Å². The van der Waals surface area contributed by atoms with Gasteiger partial charge in [0.25, 0.3) is 0 Å². The van der Waals surface area contributed by atoms with Crippen molar-refractivity contribution in [2.45, 2.75) is 31.8 Å². The minimum atomic E-state index is -0.689. The third-order valence-electron chi connectivity index (χ3n) is 5.62. The highest BCUT2D eigenvalue weighted by molar-refractivity contribution is 7.17. The molecule has 0 bridgehead atoms. The topological polar surface area (TPSA) is 87.2 Å². The maximum Gasteiger partial charge on any atom is 0.323 e. The molecular weight excluding hydrogens is 392 g/mol. The number of rotatable bonds is 3. The predicted octanol–water partition coefficient (Wildman–Crippen LogP) is 2.59. The molecule has 2 amide bonds. The molecule has 0 spiro atoms. The van der Waals surface area contributed by atoms with Gasteiger partial charge in [-0.15, -0.1) is 0 Å². The molecule has 2 aliphatic heterocycles. The van der Waals surface area contributed by atoms with Gasteiger partial charge in [-0.05, 0) is 32.3 Å². The van der Waals surface area contributed by atoms with Gasteiger partial charge in [0, 0.05) is 26.2 Å². The Bertz CT molecular complexity index is 816. The number of thiazole rings is 1. The number of carbonyl (C=O) groups excluding carboxylic acids is 1. The number of aromatic nitrogens is 1. The fraction of sp³-hybridized carbons (Fsp3) is 0.600. The maximum atomic E-state index is 12.7. The number of nitrogens with zero attached hydrogens (tertiary/aromatic N) is 3. The summed E-state index contributed by atoms with van der Waals surface area (Å²) >= 11 is 1.47. The van der Waals surface area contributed by atoms with Crippen molar-refractivity contribution in [2.75, 3.05) is 51.8 Å². The van der Waals surface area contributed by atoms with E-state index in [4.69, 9.17) is 14.5 Å². The molecule has 1 aromatic rings. The number of methoxy groups -OCH3 is 1. The van der Waals surface area contributed by atoms with Crippen LogP contribution in [0.3, 0.4) is 0 Å². The fourth-order valence-corrected chi connectivity index (χ4v) is 4.83. The summed E-state index contributed by atoms with van der Waals surface area (Å²) in [6, 6.07) is -0.177. The monoisotopic (exact) mass is 420 g/mol. The molecule has 0 unspecified atom stereocenters. The highest BCUT2D eigenvalue weighted by atomic mass is 32.1. The number of aliphatic hydroxyl groups is 1. The van der Waals surface area contributed by atoms with Gasteiger partial charge < -0.3 is 24.4 Å². The summed E-state index contributed by atoms with van der Waals surface area (Å²) in [7, 11) is 1.65. The predicted molar refractivity (Wildman–Crippen MR) is 113 cm³/mol. The van der Waals surface area contributed by atoms with Crippen molar-refractivity contribution in [2.24, 2.45) is 0 Å². The van der Waals surface area contributed by atoms with Crippen LogP contribution in [0.15, 0.2) is 12.2 Å². The van der Waals surface area contributed by atoms with Crippen molar-refractivity contribution in [3.8, 4) is 0 Å². The molecule has 1 aliphatic carbocycles. The summed E-state index contributed by atoms with van der Waals surface area (Å²) < 4.78 is 11.1. The third-order valence-corrected chi connectivity index (χ3v) is 6.61. The molecular formula is C20H28N4O4S. The van der Waals surface area contributed by atoms with Gasteiger partial charge in [0.15, 0.2) is 5.13 Å². The quantitative estimate of drug-likeness (QED) is 0.782. The molecule has 2 saturated heterocycles. The van der Waals surface area contributed by atoms with E-state index in [1.54, 1.807) is 12.0 Å². The molecule has 3 aliphatic rings. The van der Waals surface area contributed by atoms with Gasteiger partial charge in [0.05, 0.1) is 36.5 Å². The molecule has 2 N–H and O–H groups in total. The first-order valence-corrected chi connectivity index (χ1v) is 10.9. The highest BCUT2D eigenvalue weighted by Crippen LogP contribution is 2.38. The normalized spacial score (nSPS) is 21.6. The van der Waals surface area contributed by atoms with Crippen molar-refractivity contribution >= 4 is 34.0 Å². The first-order valence-electron chi connectivity index (χ1n) is 10.0. The van der Waals surface area contributed by atoms with Crippen LogP contribution in [0.2, 0.25) is 0 Å². The Morgan fingerprint density at radius 3 is 2.69 bits per heavy atom. The van der Waals surface area contributed by atoms with E-state index in [0.717, 1.165) is 41.5 Å². The van der Waals surface area contributed by atoms with Gasteiger partial charge in [-0.1, -0.05) is 17.4 Å². The summed E-state index contributed by atoms with van der Waals surface area (Å²) in [6.45, 7) is 5.97. The number of hydrogen-bond donors (Lipinski definition) is 2. The Morgan fingerprint density at radius 2 is 2.00 bits per heavy atom. The zero-order chi connectivity index (χ0) is 20.4. The molecule has 9 heteroatoms. The summed E-state index contributed by atoms with van der Waals surface area (Å²) in [6.07, 6.45) is 6.13. The number of fused-ring (bicyclic) bond motifs is 1. The van der Waals surface area contributed by atoms with E-state index in [1.807, 2.05) is 13.0 Å². The molecule has 158 valence electrons. The zero-order valence-electron chi connectivity index (χ0n) is 16.9. The number of piperidine rings is 1. The van der Waals surface area contributed by atoms with E-state index in [9.17, 15) is 9.90 Å². The molecule has 2 fully saturated rings. The van der Waals surface area contributed by atoms with E-state index in [1.165, 1.54) is 11.3 Å². The second-order valence-corrected chi connectivity index (χ2v) is 8.81. The number of hydrogen-bond acceptors (Lipinski definition) is 7. The molecule has 0 atom stereocenters. The average Bonchev–Trinajstić information content (AvgIpc) is 3.03. The van der Waals surface area contributed by atoms with E-state index in [-0.39, 0.29) is 6.03 Å². The number of carbonyl (C=O) groups is 1. The summed E-state index contributed by atoms with van der Waals surface area (Å²) in [4.78, 5) is 22.4. The van der Waals surface area contributed by atoms with Gasteiger partial charge in [-0.2, -0.15) is 0 Å². The average molecular weight is 421 g/mol. The smallest absolute Gasteiger partial charge is 0.323 e. The Kier molecular flexibility index (Phi) is 5.80. The number of likely N-dealkylation sites (tertiary alicyclic amines) is 1. The Labute approximate surface area is 174 Å². The Balaban J connectivity index is 1.54. The van der Waals surface area contributed by atoms with Crippen LogP contribution in [0, 0.1) is 0 Å². The summed E-state index contributed by atoms with van der Waals surface area (Å²) in [5.41, 5.74) is 1.20.